The Labute approximate surface area is 197 Å². The molecule has 1 aliphatic heterocycles. The molecular weight excluding hydrogens is 434 g/mol. The van der Waals surface area contributed by atoms with Crippen molar-refractivity contribution in [1.82, 2.24) is 15.3 Å². The van der Waals surface area contributed by atoms with E-state index in [4.69, 9.17) is 9.47 Å². The third-order valence-electron chi connectivity index (χ3n) is 5.59. The van der Waals surface area contributed by atoms with Crippen molar-refractivity contribution in [2.45, 2.75) is 25.4 Å². The number of ether oxygens (including phenoxy) is 2. The Balaban J connectivity index is 1.45. The molecule has 4 rings (SSSR count). The fourth-order valence-electron chi connectivity index (χ4n) is 3.87. The molecule has 0 saturated carbocycles. The Bertz CT molecular complexity index is 1150. The van der Waals surface area contributed by atoms with Crippen molar-refractivity contribution in [3.8, 4) is 5.75 Å². The second-order valence-electron chi connectivity index (χ2n) is 8.20. The molecule has 1 atom stereocenters. The quantitative estimate of drug-likeness (QED) is 0.461. The van der Waals surface area contributed by atoms with E-state index in [0.29, 0.717) is 35.8 Å². The first-order chi connectivity index (χ1) is 16.5. The smallest absolute Gasteiger partial charge is 0.338 e. The Morgan fingerprint density at radius 3 is 2.59 bits per heavy atom. The molecule has 0 aliphatic carbocycles. The van der Waals surface area contributed by atoms with Gasteiger partial charge in [0.1, 0.15) is 11.4 Å². The maximum atomic E-state index is 13.0. The third kappa shape index (κ3) is 5.68. The van der Waals surface area contributed by atoms with Gasteiger partial charge in [-0.05, 0) is 37.2 Å². The number of anilines is 2. The molecule has 0 radical (unpaired) electrons. The summed E-state index contributed by atoms with van der Waals surface area (Å²) in [6.45, 7) is 3.18. The van der Waals surface area contributed by atoms with Crippen molar-refractivity contribution in [1.29, 1.82) is 0 Å². The normalized spacial score (nSPS) is 17.1. The molecule has 1 aromatic heterocycles. The average molecular weight is 462 g/mol. The number of esters is 1. The molecule has 2 aromatic carbocycles. The number of urea groups is 1. The number of nitrogens with one attached hydrogen (secondary N) is 3. The number of hydrogen-bond donors (Lipinski definition) is 3. The summed E-state index contributed by atoms with van der Waals surface area (Å²) in [4.78, 5) is 33.6. The highest BCUT2D eigenvalue weighted by molar-refractivity contribution is 6.00. The van der Waals surface area contributed by atoms with E-state index in [-0.39, 0.29) is 0 Å². The van der Waals surface area contributed by atoms with Gasteiger partial charge in [0, 0.05) is 19.4 Å². The minimum atomic E-state index is -0.614. The highest BCUT2D eigenvalue weighted by Gasteiger charge is 2.38. The number of benzene rings is 2. The molecule has 0 unspecified atom stereocenters. The van der Waals surface area contributed by atoms with Gasteiger partial charge in [-0.15, -0.1) is 0 Å². The molecule has 0 bridgehead atoms. The molecule has 0 spiro atoms. The molecule has 2 heterocycles. The number of methoxy groups -OCH3 is 1. The lowest BCUT2D eigenvalue weighted by Crippen LogP contribution is -2.39. The monoisotopic (exact) mass is 461 g/mol. The lowest BCUT2D eigenvalue weighted by atomic mass is 9.93. The first-order valence-corrected chi connectivity index (χ1v) is 11.0. The second kappa shape index (κ2) is 10.3. The molecule has 1 aliphatic rings. The number of carbonyl (C=O) groups excluding carboxylic acids is 2. The summed E-state index contributed by atoms with van der Waals surface area (Å²) in [5.74, 6) is 0.210. The Kier molecular flexibility index (Phi) is 7.03. The summed E-state index contributed by atoms with van der Waals surface area (Å²) in [5, 5.41) is 8.60. The number of amides is 2. The fraction of sp³-hybridized carbons (Fsp3) is 0.280. The van der Waals surface area contributed by atoms with Crippen molar-refractivity contribution < 1.29 is 19.1 Å². The lowest BCUT2D eigenvalue weighted by molar-refractivity contribution is -0.00868. The van der Waals surface area contributed by atoms with Crippen LogP contribution in [0.25, 0.3) is 0 Å². The van der Waals surface area contributed by atoms with E-state index in [1.807, 2.05) is 30.3 Å². The van der Waals surface area contributed by atoms with E-state index in [1.165, 1.54) is 13.3 Å². The van der Waals surface area contributed by atoms with Crippen LogP contribution in [-0.2, 0) is 11.2 Å². The first kappa shape index (κ1) is 23.2. The average Bonchev–Trinajstić information content (AvgIpc) is 3.29. The summed E-state index contributed by atoms with van der Waals surface area (Å²) in [5.41, 5.74) is 1.98. The van der Waals surface area contributed by atoms with Crippen LogP contribution in [0.1, 0.15) is 28.0 Å². The largest absolute Gasteiger partial charge is 0.495 e. The van der Waals surface area contributed by atoms with Crippen molar-refractivity contribution in [2.75, 3.05) is 30.8 Å². The highest BCUT2D eigenvalue weighted by atomic mass is 16.6. The SMILES string of the molecule is COc1cc(C(=O)O[C@@]2(Cc3ccccc3)CCNC2)ccc1NC(=O)Nc1cnc(C)cn1. The van der Waals surface area contributed by atoms with Gasteiger partial charge in [0.15, 0.2) is 5.82 Å². The van der Waals surface area contributed by atoms with E-state index in [0.717, 1.165) is 24.2 Å². The molecule has 176 valence electrons. The van der Waals surface area contributed by atoms with Crippen LogP contribution in [0.3, 0.4) is 0 Å². The van der Waals surface area contributed by atoms with Crippen molar-refractivity contribution in [3.05, 3.63) is 77.7 Å². The maximum Gasteiger partial charge on any atom is 0.338 e. The summed E-state index contributed by atoms with van der Waals surface area (Å²) in [6.07, 6.45) is 4.38. The molecule has 9 nitrogen and oxygen atoms in total. The van der Waals surface area contributed by atoms with Gasteiger partial charge in [-0.25, -0.2) is 14.6 Å². The van der Waals surface area contributed by atoms with E-state index in [2.05, 4.69) is 25.9 Å². The Hall–Kier alpha value is -3.98. The highest BCUT2D eigenvalue weighted by Crippen LogP contribution is 2.30. The summed E-state index contributed by atoms with van der Waals surface area (Å²) in [7, 11) is 1.47. The summed E-state index contributed by atoms with van der Waals surface area (Å²) >= 11 is 0. The van der Waals surface area contributed by atoms with Crippen LogP contribution in [-0.4, -0.2) is 47.8 Å². The van der Waals surface area contributed by atoms with Gasteiger partial charge < -0.3 is 20.1 Å². The van der Waals surface area contributed by atoms with Crippen LogP contribution in [0.4, 0.5) is 16.3 Å². The van der Waals surface area contributed by atoms with Gasteiger partial charge in [0.05, 0.1) is 36.4 Å². The van der Waals surface area contributed by atoms with E-state index in [1.54, 1.807) is 31.3 Å². The minimum Gasteiger partial charge on any atom is -0.495 e. The summed E-state index contributed by atoms with van der Waals surface area (Å²) in [6, 6.07) is 14.2. The van der Waals surface area contributed by atoms with Gasteiger partial charge in [0.25, 0.3) is 0 Å². The van der Waals surface area contributed by atoms with Crippen LogP contribution >= 0.6 is 0 Å². The predicted molar refractivity (Wildman–Crippen MR) is 128 cm³/mol. The first-order valence-electron chi connectivity index (χ1n) is 11.0. The molecule has 34 heavy (non-hydrogen) atoms. The van der Waals surface area contributed by atoms with Crippen LogP contribution in [0.15, 0.2) is 60.9 Å². The predicted octanol–water partition coefficient (Wildman–Crippen LogP) is 3.57. The van der Waals surface area contributed by atoms with Crippen molar-refractivity contribution >= 4 is 23.5 Å². The number of aromatic nitrogens is 2. The van der Waals surface area contributed by atoms with Gasteiger partial charge in [-0.1, -0.05) is 30.3 Å². The van der Waals surface area contributed by atoms with Gasteiger partial charge in [-0.3, -0.25) is 10.3 Å². The Morgan fingerprint density at radius 1 is 1.09 bits per heavy atom. The van der Waals surface area contributed by atoms with Gasteiger partial charge in [-0.2, -0.15) is 0 Å². The lowest BCUT2D eigenvalue weighted by Gasteiger charge is -2.28. The zero-order chi connectivity index (χ0) is 24.0. The fourth-order valence-corrected chi connectivity index (χ4v) is 3.87. The molecule has 3 N–H and O–H groups in total. The summed E-state index contributed by atoms with van der Waals surface area (Å²) < 4.78 is 11.4. The number of aryl methyl sites for hydroxylation is 1. The van der Waals surface area contributed by atoms with E-state index in [9.17, 15) is 9.59 Å². The number of rotatable bonds is 7. The second-order valence-corrected chi connectivity index (χ2v) is 8.20. The van der Waals surface area contributed by atoms with Crippen LogP contribution in [0, 0.1) is 6.92 Å². The zero-order valence-electron chi connectivity index (χ0n) is 19.1. The molecular formula is C25H27N5O4. The number of nitrogens with zero attached hydrogens (tertiary/aromatic N) is 2. The Morgan fingerprint density at radius 2 is 1.91 bits per heavy atom. The molecule has 9 heteroatoms. The molecule has 2 amide bonds. The van der Waals surface area contributed by atoms with E-state index >= 15 is 0 Å². The van der Waals surface area contributed by atoms with E-state index < -0.39 is 17.6 Å². The maximum absolute atomic E-state index is 13.0. The number of carbonyl (C=O) groups is 2. The van der Waals surface area contributed by atoms with Crippen molar-refractivity contribution in [2.24, 2.45) is 0 Å². The van der Waals surface area contributed by atoms with Crippen molar-refractivity contribution in [3.63, 3.8) is 0 Å². The minimum absolute atomic E-state index is 0.316. The molecule has 1 fully saturated rings. The molecule has 3 aromatic rings. The van der Waals surface area contributed by atoms with Crippen LogP contribution < -0.4 is 20.7 Å². The zero-order valence-corrected chi connectivity index (χ0v) is 19.1. The van der Waals surface area contributed by atoms with Crippen LogP contribution in [0.2, 0.25) is 0 Å². The standard InChI is InChI=1S/C25H27N5O4/c1-17-14-28-22(15-27-17)30-24(32)29-20-9-8-19(12-21(20)33-2)23(31)34-25(10-11-26-16-25)13-18-6-4-3-5-7-18/h3-9,12,14-15,26H,10-11,13,16H2,1-2H3,(H2,28,29,30,32)/t25-/m1/s1. The van der Waals surface area contributed by atoms with Gasteiger partial charge in [0.2, 0.25) is 0 Å². The number of hydrogen-bond acceptors (Lipinski definition) is 7. The van der Waals surface area contributed by atoms with Crippen LogP contribution in [0.5, 0.6) is 5.75 Å². The topological polar surface area (TPSA) is 114 Å². The molecule has 1 saturated heterocycles. The third-order valence-corrected chi connectivity index (χ3v) is 5.59. The van der Waals surface area contributed by atoms with Gasteiger partial charge >= 0.3 is 12.0 Å².